The molecule has 2 fully saturated rings. The fourth-order valence-electron chi connectivity index (χ4n) is 11.3. The number of hydrogen-bond donors (Lipinski definition) is 3. The molecule has 0 saturated heterocycles. The second-order valence-electron chi connectivity index (χ2n) is 18.8. The number of carbonyl (C=O) groups excluding carboxylic acids is 2. The predicted octanol–water partition coefficient (Wildman–Crippen LogP) is 9.26. The Morgan fingerprint density at radius 1 is 0.957 bits per heavy atom. The number of unbranched alkanes of at least 4 members (excludes halogenated alkanes) is 2. The van der Waals surface area contributed by atoms with Gasteiger partial charge in [0, 0.05) is 62.8 Å². The maximum Gasteiger partial charge on any atom is 0.412 e. The molecular formula is C53H66N4O12. The second kappa shape index (κ2) is 23.1. The van der Waals surface area contributed by atoms with E-state index in [-0.39, 0.29) is 75.5 Å². The number of nitro benzene ring substituents is 1. The average Bonchev–Trinajstić information content (AvgIpc) is 4.06. The SMILES string of the molecule is C=CCOC12Oc3ccc(OC(=O)NCC)cc3C3C(CCCCO)C(CCCCO)C=C(C(=NOCc4ccc([N+](=O)[O-])cc4)CC1N(Cc1ccc4c(c1)OCO4)C(=O)CCC1CCCC1)C32. The zero-order chi connectivity index (χ0) is 48.3. The van der Waals surface area contributed by atoms with Crippen molar-refractivity contribution in [3.05, 3.63) is 112 Å². The number of oxime groups is 1. The second-order valence-corrected chi connectivity index (χ2v) is 18.8. The highest BCUT2D eigenvalue weighted by Gasteiger charge is 2.65. The van der Waals surface area contributed by atoms with Gasteiger partial charge in [0.15, 0.2) is 11.5 Å². The molecule has 2 amide bonds. The smallest absolute Gasteiger partial charge is 0.412 e. The van der Waals surface area contributed by atoms with Gasteiger partial charge in [-0.05, 0) is 116 Å². The van der Waals surface area contributed by atoms with E-state index in [2.05, 4.69) is 18.0 Å². The lowest BCUT2D eigenvalue weighted by atomic mass is 9.55. The Morgan fingerprint density at radius 2 is 1.70 bits per heavy atom. The van der Waals surface area contributed by atoms with Crippen LogP contribution in [0.4, 0.5) is 10.5 Å². The van der Waals surface area contributed by atoms with E-state index in [1.54, 1.807) is 24.3 Å². The molecule has 6 unspecified atom stereocenters. The summed E-state index contributed by atoms with van der Waals surface area (Å²) in [6, 6.07) is 16.5. The average molecular weight is 951 g/mol. The summed E-state index contributed by atoms with van der Waals surface area (Å²) in [5.41, 5.74) is 3.75. The topological polar surface area (TPSA) is 201 Å². The number of amides is 2. The van der Waals surface area contributed by atoms with E-state index in [0.717, 1.165) is 74.5 Å². The van der Waals surface area contributed by atoms with Gasteiger partial charge in [0.05, 0.1) is 23.2 Å². The van der Waals surface area contributed by atoms with Crippen LogP contribution in [0.2, 0.25) is 0 Å². The normalized spacial score (nSPS) is 23.8. The number of hydrogen-bond acceptors (Lipinski definition) is 13. The Kier molecular flexibility index (Phi) is 16.5. The van der Waals surface area contributed by atoms with Crippen molar-refractivity contribution in [3.63, 3.8) is 0 Å². The van der Waals surface area contributed by atoms with Gasteiger partial charge in [0.25, 0.3) is 5.69 Å². The Hall–Kier alpha value is -5.97. The summed E-state index contributed by atoms with van der Waals surface area (Å²) in [5, 5.41) is 39.1. The molecule has 3 N–H and O–H groups in total. The molecule has 8 rings (SSSR count). The Bertz CT molecular complexity index is 2350. The number of nitrogens with zero attached hydrogens (tertiary/aromatic N) is 3. The maximum absolute atomic E-state index is 15.3. The molecular weight excluding hydrogens is 885 g/mol. The zero-order valence-corrected chi connectivity index (χ0v) is 39.6. The third kappa shape index (κ3) is 11.2. The van der Waals surface area contributed by atoms with Crippen molar-refractivity contribution >= 4 is 23.4 Å². The van der Waals surface area contributed by atoms with E-state index in [9.17, 15) is 25.1 Å². The van der Waals surface area contributed by atoms with Crippen molar-refractivity contribution in [1.82, 2.24) is 10.2 Å². The van der Waals surface area contributed by atoms with Crippen molar-refractivity contribution in [2.45, 2.75) is 121 Å². The van der Waals surface area contributed by atoms with E-state index in [4.69, 9.17) is 33.7 Å². The molecule has 0 bridgehead atoms. The molecule has 2 saturated carbocycles. The molecule has 69 heavy (non-hydrogen) atoms. The highest BCUT2D eigenvalue weighted by atomic mass is 16.7. The van der Waals surface area contributed by atoms with Crippen molar-refractivity contribution in [2.75, 3.05) is 33.2 Å². The van der Waals surface area contributed by atoms with Crippen LogP contribution in [0.5, 0.6) is 23.0 Å². The number of ether oxygens (including phenoxy) is 5. The summed E-state index contributed by atoms with van der Waals surface area (Å²) < 4.78 is 32.0. The van der Waals surface area contributed by atoms with E-state index in [1.807, 2.05) is 42.2 Å². The summed E-state index contributed by atoms with van der Waals surface area (Å²) in [4.78, 5) is 47.4. The quantitative estimate of drug-likeness (QED) is 0.0353. The first-order chi connectivity index (χ1) is 33.7. The molecule has 0 radical (unpaired) electrons. The van der Waals surface area contributed by atoms with E-state index in [0.29, 0.717) is 66.0 Å². The minimum atomic E-state index is -1.51. The van der Waals surface area contributed by atoms with Crippen molar-refractivity contribution < 1.29 is 53.2 Å². The van der Waals surface area contributed by atoms with Gasteiger partial charge in [-0.3, -0.25) is 14.9 Å². The lowest BCUT2D eigenvalue weighted by Crippen LogP contribution is -2.70. The van der Waals surface area contributed by atoms with Gasteiger partial charge in [-0.25, -0.2) is 4.79 Å². The summed E-state index contributed by atoms with van der Waals surface area (Å²) in [5.74, 6) is -0.0507. The fourth-order valence-corrected chi connectivity index (χ4v) is 11.3. The van der Waals surface area contributed by atoms with Crippen LogP contribution in [0.25, 0.3) is 0 Å². The summed E-state index contributed by atoms with van der Waals surface area (Å²) >= 11 is 0. The molecule has 3 aromatic carbocycles. The van der Waals surface area contributed by atoms with Crippen LogP contribution in [0, 0.1) is 33.8 Å². The number of allylic oxidation sites excluding steroid dienone is 1. The van der Waals surface area contributed by atoms with Gasteiger partial charge in [-0.15, -0.1) is 6.58 Å². The lowest BCUT2D eigenvalue weighted by molar-refractivity contribution is -0.384. The molecule has 3 aliphatic carbocycles. The third-order valence-corrected chi connectivity index (χ3v) is 14.5. The van der Waals surface area contributed by atoms with Crippen LogP contribution in [-0.2, 0) is 27.5 Å². The number of fused-ring (bicyclic) bond motifs is 3. The van der Waals surface area contributed by atoms with Crippen molar-refractivity contribution in [3.8, 4) is 23.0 Å². The number of aliphatic hydroxyl groups excluding tert-OH is 2. The van der Waals surface area contributed by atoms with Crippen LogP contribution in [0.1, 0.15) is 113 Å². The highest BCUT2D eigenvalue weighted by molar-refractivity contribution is 6.03. The molecule has 3 aromatic rings. The van der Waals surface area contributed by atoms with E-state index < -0.39 is 28.8 Å². The molecule has 0 spiro atoms. The summed E-state index contributed by atoms with van der Waals surface area (Å²) in [6.45, 7) is 6.77. The first-order valence-electron chi connectivity index (χ1n) is 24.7. The van der Waals surface area contributed by atoms with Gasteiger partial charge in [-0.2, -0.15) is 0 Å². The predicted molar refractivity (Wildman–Crippen MR) is 257 cm³/mol. The minimum absolute atomic E-state index is 0.0242. The van der Waals surface area contributed by atoms with Gasteiger partial charge >= 0.3 is 6.09 Å². The largest absolute Gasteiger partial charge is 0.459 e. The molecule has 5 aliphatic rings. The monoisotopic (exact) mass is 950 g/mol. The van der Waals surface area contributed by atoms with Gasteiger partial charge < -0.3 is 49.0 Å². The number of non-ortho nitro benzene ring substituents is 1. The minimum Gasteiger partial charge on any atom is -0.459 e. The first kappa shape index (κ1) is 49.5. The van der Waals surface area contributed by atoms with Crippen LogP contribution in [0.15, 0.2) is 90.1 Å². The Balaban J connectivity index is 1.31. The Morgan fingerprint density at radius 3 is 2.43 bits per heavy atom. The molecule has 2 heterocycles. The molecule has 16 nitrogen and oxygen atoms in total. The van der Waals surface area contributed by atoms with Gasteiger partial charge in [0.2, 0.25) is 18.5 Å². The van der Waals surface area contributed by atoms with Crippen LogP contribution in [0.3, 0.4) is 0 Å². The fraction of sp³-hybridized carbons (Fsp3) is 0.528. The van der Waals surface area contributed by atoms with Crippen LogP contribution in [-0.4, -0.2) is 82.7 Å². The number of benzene rings is 3. The maximum atomic E-state index is 15.3. The molecule has 6 atom stereocenters. The standard InChI is InChI=1S/C53H66N4O12/c1-3-27-66-53-48(56(49(60)24-18-35-11-5-6-12-35)32-37-17-22-46-47(28-37)65-34-64-46)31-44(55-67-33-36-15-19-39(20-16-36)57(62)63)42-29-38(13-7-9-25-58)41(14-8-10-26-59)50(51(42)53)43-30-40(21-23-45(43)69-53)68-52(61)54-4-2/h3,15-17,19-23,28-30,35,38,41,48,50-51,58-59H,1,4-14,18,24-27,31-34H2,2H3,(H,54,61). The van der Waals surface area contributed by atoms with Crippen molar-refractivity contribution in [1.29, 1.82) is 0 Å². The first-order valence-corrected chi connectivity index (χ1v) is 24.7. The number of aliphatic hydroxyl groups is 2. The van der Waals surface area contributed by atoms with E-state index >= 15 is 4.79 Å². The number of nitrogens with one attached hydrogen (secondary N) is 1. The summed E-state index contributed by atoms with van der Waals surface area (Å²) in [7, 11) is 0. The molecule has 0 aromatic heterocycles. The lowest BCUT2D eigenvalue weighted by Gasteiger charge is -2.60. The van der Waals surface area contributed by atoms with Crippen LogP contribution >= 0.6 is 0 Å². The van der Waals surface area contributed by atoms with E-state index in [1.165, 1.54) is 12.1 Å². The molecule has 370 valence electrons. The van der Waals surface area contributed by atoms with Gasteiger partial charge in [0.1, 0.15) is 24.1 Å². The molecule has 2 aliphatic heterocycles. The number of carbonyl (C=O) groups is 2. The molecule has 16 heteroatoms. The summed E-state index contributed by atoms with van der Waals surface area (Å²) in [6.07, 6.45) is 13.3. The Labute approximate surface area is 403 Å². The number of nitro groups is 1. The van der Waals surface area contributed by atoms with Crippen LogP contribution < -0.4 is 24.3 Å². The zero-order valence-electron chi connectivity index (χ0n) is 39.6. The third-order valence-electron chi connectivity index (χ3n) is 14.5. The highest BCUT2D eigenvalue weighted by Crippen LogP contribution is 2.62. The van der Waals surface area contributed by atoms with Crippen molar-refractivity contribution in [2.24, 2.45) is 28.8 Å². The van der Waals surface area contributed by atoms with Gasteiger partial charge in [-0.1, -0.05) is 61.9 Å². The number of rotatable bonds is 23.